The predicted octanol–water partition coefficient (Wildman–Crippen LogP) is 3.93. The van der Waals surface area contributed by atoms with Crippen molar-refractivity contribution in [3.8, 4) is 0 Å². The molecule has 1 fully saturated rings. The molecule has 0 aliphatic heterocycles. The summed E-state index contributed by atoms with van der Waals surface area (Å²) in [4.78, 5) is 25.8. The molecule has 3 aromatic rings. The monoisotopic (exact) mass is 369 g/mol. The van der Waals surface area contributed by atoms with E-state index in [0.29, 0.717) is 5.39 Å². The van der Waals surface area contributed by atoms with Gasteiger partial charge in [-0.3, -0.25) is 9.59 Å². The molecule has 0 bridgehead atoms. The van der Waals surface area contributed by atoms with Gasteiger partial charge in [0.15, 0.2) is 0 Å². The van der Waals surface area contributed by atoms with Gasteiger partial charge < -0.3 is 5.32 Å². The zero-order valence-electron chi connectivity index (χ0n) is 15.1. The Kier molecular flexibility index (Phi) is 4.53. The fraction of sp³-hybridized carbons (Fsp3) is 0.450. The van der Waals surface area contributed by atoms with E-state index in [0.717, 1.165) is 46.2 Å². The molecule has 1 unspecified atom stereocenters. The molecule has 1 aromatic carbocycles. The van der Waals surface area contributed by atoms with Crippen LogP contribution in [0.1, 0.15) is 50.8 Å². The number of nitrogens with zero attached hydrogens (tertiary/aromatic N) is 2. The lowest BCUT2D eigenvalue weighted by molar-refractivity contribution is -0.125. The number of carbonyl (C=O) groups excluding carboxylic acids is 1. The topological polar surface area (TPSA) is 64.0 Å². The predicted molar refractivity (Wildman–Crippen MR) is 106 cm³/mol. The molecule has 1 aliphatic rings. The Bertz CT molecular complexity index is 1030. The van der Waals surface area contributed by atoms with Crippen molar-refractivity contribution in [1.82, 2.24) is 15.1 Å². The van der Waals surface area contributed by atoms with Crippen LogP contribution in [0.15, 0.2) is 29.1 Å². The van der Waals surface area contributed by atoms with Gasteiger partial charge in [-0.05, 0) is 32.8 Å². The quantitative estimate of drug-likeness (QED) is 0.761. The van der Waals surface area contributed by atoms with Gasteiger partial charge >= 0.3 is 0 Å². The van der Waals surface area contributed by atoms with Crippen molar-refractivity contribution >= 4 is 37.4 Å². The Morgan fingerprint density at radius 2 is 2.00 bits per heavy atom. The summed E-state index contributed by atoms with van der Waals surface area (Å²) in [5, 5.41) is 9.19. The minimum Gasteiger partial charge on any atom is -0.352 e. The van der Waals surface area contributed by atoms with Crippen LogP contribution in [0.3, 0.4) is 0 Å². The number of fused-ring (bicyclic) bond motifs is 3. The molecule has 1 aliphatic carbocycles. The van der Waals surface area contributed by atoms with Crippen LogP contribution >= 0.6 is 11.3 Å². The van der Waals surface area contributed by atoms with E-state index in [-0.39, 0.29) is 17.5 Å². The first-order chi connectivity index (χ1) is 12.6. The van der Waals surface area contributed by atoms with Crippen LogP contribution < -0.4 is 10.9 Å². The highest BCUT2D eigenvalue weighted by Crippen LogP contribution is 2.32. The third kappa shape index (κ3) is 2.92. The summed E-state index contributed by atoms with van der Waals surface area (Å²) in [5.74, 6) is -0.121. The number of thiophene rings is 1. The highest BCUT2D eigenvalue weighted by atomic mass is 32.1. The van der Waals surface area contributed by atoms with Crippen LogP contribution in [0.4, 0.5) is 0 Å². The molecule has 2 heterocycles. The Hall–Kier alpha value is -2.21. The van der Waals surface area contributed by atoms with Crippen molar-refractivity contribution in [2.24, 2.45) is 0 Å². The number of carbonyl (C=O) groups is 1. The SMILES string of the molecule is Cc1nn(C(C)C(=O)NC2CCCCC2)c(=O)c2c1sc1ccccc12. The summed E-state index contributed by atoms with van der Waals surface area (Å²) in [5.41, 5.74) is 0.604. The average Bonchev–Trinajstić information content (AvgIpc) is 3.05. The van der Waals surface area contributed by atoms with E-state index in [1.165, 1.54) is 11.1 Å². The van der Waals surface area contributed by atoms with Gasteiger partial charge in [-0.1, -0.05) is 37.5 Å². The summed E-state index contributed by atoms with van der Waals surface area (Å²) >= 11 is 1.58. The van der Waals surface area contributed by atoms with E-state index >= 15 is 0 Å². The molecule has 1 atom stereocenters. The zero-order valence-corrected chi connectivity index (χ0v) is 15.9. The van der Waals surface area contributed by atoms with Gasteiger partial charge in [-0.25, -0.2) is 4.68 Å². The standard InChI is InChI=1S/C20H23N3O2S/c1-12-18-17(15-10-6-7-11-16(15)26-18)20(25)23(22-12)13(2)19(24)21-14-8-4-3-5-9-14/h6-7,10-11,13-14H,3-5,8-9H2,1-2H3,(H,21,24). The zero-order chi connectivity index (χ0) is 18.3. The number of aryl methyl sites for hydroxylation is 1. The maximum absolute atomic E-state index is 13.1. The van der Waals surface area contributed by atoms with Crippen molar-refractivity contribution < 1.29 is 4.79 Å². The molecule has 1 saturated carbocycles. The van der Waals surface area contributed by atoms with Crippen LogP contribution in [-0.4, -0.2) is 21.7 Å². The third-order valence-corrected chi connectivity index (χ3v) is 6.58. The first-order valence-electron chi connectivity index (χ1n) is 9.27. The van der Waals surface area contributed by atoms with E-state index in [2.05, 4.69) is 10.4 Å². The number of rotatable bonds is 3. The van der Waals surface area contributed by atoms with Gasteiger partial charge in [-0.15, -0.1) is 11.3 Å². The normalized spacial score (nSPS) is 16.8. The van der Waals surface area contributed by atoms with Gasteiger partial charge in [0.1, 0.15) is 6.04 Å². The molecule has 0 saturated heterocycles. The molecule has 2 aromatic heterocycles. The number of hydrogen-bond acceptors (Lipinski definition) is 4. The largest absolute Gasteiger partial charge is 0.352 e. The van der Waals surface area contributed by atoms with Crippen molar-refractivity contribution in [3.63, 3.8) is 0 Å². The summed E-state index contributed by atoms with van der Waals surface area (Å²) < 4.78 is 3.34. The third-order valence-electron chi connectivity index (χ3n) is 5.30. The van der Waals surface area contributed by atoms with Gasteiger partial charge in [0.2, 0.25) is 5.91 Å². The van der Waals surface area contributed by atoms with Crippen LogP contribution in [0.25, 0.3) is 20.2 Å². The number of benzene rings is 1. The molecule has 5 nitrogen and oxygen atoms in total. The smallest absolute Gasteiger partial charge is 0.276 e. The van der Waals surface area contributed by atoms with Crippen LogP contribution in [0.2, 0.25) is 0 Å². The Morgan fingerprint density at radius 1 is 1.27 bits per heavy atom. The number of hydrogen-bond donors (Lipinski definition) is 1. The van der Waals surface area contributed by atoms with Crippen molar-refractivity contribution in [2.75, 3.05) is 0 Å². The summed E-state index contributed by atoms with van der Waals surface area (Å²) in [6.45, 7) is 3.66. The van der Waals surface area contributed by atoms with Crippen molar-refractivity contribution in [1.29, 1.82) is 0 Å². The molecular weight excluding hydrogens is 346 g/mol. The molecule has 136 valence electrons. The van der Waals surface area contributed by atoms with Crippen LogP contribution in [-0.2, 0) is 4.79 Å². The minimum absolute atomic E-state index is 0.121. The fourth-order valence-electron chi connectivity index (χ4n) is 3.82. The average molecular weight is 369 g/mol. The lowest BCUT2D eigenvalue weighted by atomic mass is 9.95. The maximum atomic E-state index is 13.1. The number of nitrogens with one attached hydrogen (secondary N) is 1. The molecule has 6 heteroatoms. The van der Waals surface area contributed by atoms with E-state index in [9.17, 15) is 9.59 Å². The summed E-state index contributed by atoms with van der Waals surface area (Å²) in [7, 11) is 0. The second-order valence-electron chi connectivity index (χ2n) is 7.16. The second kappa shape index (κ2) is 6.83. The van der Waals surface area contributed by atoms with Gasteiger partial charge in [0.05, 0.1) is 15.8 Å². The van der Waals surface area contributed by atoms with Crippen LogP contribution in [0.5, 0.6) is 0 Å². The Balaban J connectivity index is 1.73. The van der Waals surface area contributed by atoms with Crippen molar-refractivity contribution in [2.45, 2.75) is 58.0 Å². The molecule has 0 spiro atoms. The maximum Gasteiger partial charge on any atom is 0.276 e. The first kappa shape index (κ1) is 17.2. The van der Waals surface area contributed by atoms with E-state index < -0.39 is 6.04 Å². The van der Waals surface area contributed by atoms with Gasteiger partial charge in [0.25, 0.3) is 5.56 Å². The molecule has 1 amide bonds. The lowest BCUT2D eigenvalue weighted by Crippen LogP contribution is -2.42. The molecule has 1 N–H and O–H groups in total. The minimum atomic E-state index is -0.619. The lowest BCUT2D eigenvalue weighted by Gasteiger charge is -2.24. The number of amides is 1. The fourth-order valence-corrected chi connectivity index (χ4v) is 4.96. The van der Waals surface area contributed by atoms with Crippen LogP contribution in [0, 0.1) is 6.92 Å². The van der Waals surface area contributed by atoms with E-state index in [4.69, 9.17) is 0 Å². The molecular formula is C20H23N3O2S. The summed E-state index contributed by atoms with van der Waals surface area (Å²) in [6, 6.07) is 7.49. The molecule has 0 radical (unpaired) electrons. The van der Waals surface area contributed by atoms with Gasteiger partial charge in [-0.2, -0.15) is 5.10 Å². The summed E-state index contributed by atoms with van der Waals surface area (Å²) in [6.07, 6.45) is 5.60. The number of aromatic nitrogens is 2. The highest BCUT2D eigenvalue weighted by molar-refractivity contribution is 7.26. The van der Waals surface area contributed by atoms with E-state index in [1.54, 1.807) is 18.3 Å². The highest BCUT2D eigenvalue weighted by Gasteiger charge is 2.24. The van der Waals surface area contributed by atoms with Gasteiger partial charge in [0, 0.05) is 16.1 Å². The molecule has 26 heavy (non-hydrogen) atoms. The second-order valence-corrected chi connectivity index (χ2v) is 8.21. The van der Waals surface area contributed by atoms with Crippen molar-refractivity contribution in [3.05, 3.63) is 40.3 Å². The Labute approximate surface area is 156 Å². The molecule has 4 rings (SSSR count). The Morgan fingerprint density at radius 3 is 2.77 bits per heavy atom. The first-order valence-corrected chi connectivity index (χ1v) is 10.1. The van der Waals surface area contributed by atoms with E-state index in [1.807, 2.05) is 31.2 Å².